The van der Waals surface area contributed by atoms with E-state index in [1.807, 2.05) is 12.1 Å². The summed E-state index contributed by atoms with van der Waals surface area (Å²) in [6.07, 6.45) is 1.94. The first-order chi connectivity index (χ1) is 15.3. The second-order valence-electron chi connectivity index (χ2n) is 8.36. The van der Waals surface area contributed by atoms with E-state index >= 15 is 0 Å². The number of benzene rings is 2. The number of nitrogens with zero attached hydrogens (tertiary/aromatic N) is 2. The zero-order valence-corrected chi connectivity index (χ0v) is 20.1. The number of hydrogen-bond donors (Lipinski definition) is 1. The van der Waals surface area contributed by atoms with E-state index in [0.717, 1.165) is 36.4 Å². The lowest BCUT2D eigenvalue weighted by atomic mass is 9.95. The van der Waals surface area contributed by atoms with Crippen molar-refractivity contribution in [2.24, 2.45) is 5.92 Å². The first-order valence-electron chi connectivity index (χ1n) is 11.1. The second-order valence-corrected chi connectivity index (χ2v) is 8.36. The zero-order chi connectivity index (χ0) is 23.7. The van der Waals surface area contributed by atoms with Gasteiger partial charge in [0, 0.05) is 12.6 Å². The highest BCUT2D eigenvalue weighted by molar-refractivity contribution is 5.43. The van der Waals surface area contributed by atoms with Crippen molar-refractivity contribution in [3.05, 3.63) is 47.5 Å². The molecule has 6 heteroatoms. The number of phenols is 1. The Labute approximate surface area is 192 Å². The number of nitriles is 1. The Hall–Kier alpha value is -2.91. The maximum absolute atomic E-state index is 10.3. The maximum Gasteiger partial charge on any atom is 0.161 e. The number of likely N-dealkylation sites (N-methyl/N-ethyl adjacent to an activating group) is 1. The smallest absolute Gasteiger partial charge is 0.161 e. The molecule has 2 rings (SSSR count). The predicted molar refractivity (Wildman–Crippen MR) is 127 cm³/mol. The molecule has 32 heavy (non-hydrogen) atoms. The minimum absolute atomic E-state index is 0.0974. The molecular weight excluding hydrogens is 404 g/mol. The minimum Gasteiger partial charge on any atom is -0.504 e. The monoisotopic (exact) mass is 440 g/mol. The van der Waals surface area contributed by atoms with Gasteiger partial charge in [0.2, 0.25) is 0 Å². The van der Waals surface area contributed by atoms with Gasteiger partial charge in [-0.05, 0) is 61.2 Å². The van der Waals surface area contributed by atoms with Crippen molar-refractivity contribution in [3.8, 4) is 29.1 Å². The highest BCUT2D eigenvalue weighted by atomic mass is 16.5. The van der Waals surface area contributed by atoms with Crippen molar-refractivity contribution in [3.63, 3.8) is 0 Å². The molecule has 0 amide bonds. The molecule has 2 aromatic carbocycles. The number of aromatic hydroxyl groups is 1. The molecule has 2 unspecified atom stereocenters. The molecule has 1 N–H and O–H groups in total. The molecule has 174 valence electrons. The van der Waals surface area contributed by atoms with E-state index in [1.165, 1.54) is 5.56 Å². The van der Waals surface area contributed by atoms with Crippen LogP contribution in [0.2, 0.25) is 0 Å². The Morgan fingerprint density at radius 3 is 2.25 bits per heavy atom. The van der Waals surface area contributed by atoms with E-state index in [-0.39, 0.29) is 30.2 Å². The van der Waals surface area contributed by atoms with Gasteiger partial charge in [0.1, 0.15) is 6.10 Å². The predicted octanol–water partition coefficient (Wildman–Crippen LogP) is 4.83. The minimum atomic E-state index is -0.112. The third-order valence-corrected chi connectivity index (χ3v) is 5.79. The summed E-state index contributed by atoms with van der Waals surface area (Å²) in [6.45, 7) is 7.26. The summed E-state index contributed by atoms with van der Waals surface area (Å²) in [5.74, 6) is 2.23. The SMILES string of the molecule is CCC(C(Oc1cc(CC#N)ccc1O)C(C)C)N(C)CCc1ccc(OC)c(OC)c1. The van der Waals surface area contributed by atoms with E-state index in [2.05, 4.69) is 44.9 Å². The molecule has 2 aromatic rings. The number of rotatable bonds is 12. The Bertz CT molecular complexity index is 907. The first kappa shape index (κ1) is 25.4. The van der Waals surface area contributed by atoms with Gasteiger partial charge in [-0.15, -0.1) is 0 Å². The first-order valence-corrected chi connectivity index (χ1v) is 11.1. The van der Waals surface area contributed by atoms with Gasteiger partial charge < -0.3 is 19.3 Å². The van der Waals surface area contributed by atoms with Crippen LogP contribution in [0.25, 0.3) is 0 Å². The molecule has 0 fully saturated rings. The topological polar surface area (TPSA) is 75.0 Å². The van der Waals surface area contributed by atoms with Gasteiger partial charge in [0.15, 0.2) is 23.0 Å². The fourth-order valence-corrected chi connectivity index (χ4v) is 3.96. The summed E-state index contributed by atoms with van der Waals surface area (Å²) in [4.78, 5) is 2.32. The van der Waals surface area contributed by atoms with Crippen LogP contribution in [0.3, 0.4) is 0 Å². The van der Waals surface area contributed by atoms with Gasteiger partial charge in [0.25, 0.3) is 0 Å². The van der Waals surface area contributed by atoms with E-state index in [0.29, 0.717) is 5.75 Å². The van der Waals surface area contributed by atoms with Gasteiger partial charge in [-0.2, -0.15) is 5.26 Å². The lowest BCUT2D eigenvalue weighted by molar-refractivity contribution is 0.0462. The van der Waals surface area contributed by atoms with Gasteiger partial charge in [-0.1, -0.05) is 32.9 Å². The highest BCUT2D eigenvalue weighted by Gasteiger charge is 2.29. The number of hydrogen-bond acceptors (Lipinski definition) is 6. The Balaban J connectivity index is 2.15. The Morgan fingerprint density at radius 2 is 1.66 bits per heavy atom. The molecule has 0 saturated carbocycles. The van der Waals surface area contributed by atoms with Crippen molar-refractivity contribution in [1.82, 2.24) is 4.90 Å². The molecule has 0 bridgehead atoms. The summed E-state index contributed by atoms with van der Waals surface area (Å²) >= 11 is 0. The normalized spacial score (nSPS) is 13.0. The molecule has 0 aromatic heterocycles. The van der Waals surface area contributed by atoms with Crippen molar-refractivity contribution >= 4 is 0 Å². The zero-order valence-electron chi connectivity index (χ0n) is 20.1. The summed E-state index contributed by atoms with van der Waals surface area (Å²) < 4.78 is 17.1. The van der Waals surface area contributed by atoms with Crippen molar-refractivity contribution in [1.29, 1.82) is 5.26 Å². The molecular formula is C26H36N2O4. The average Bonchev–Trinajstić information content (AvgIpc) is 2.79. The number of ether oxygens (including phenoxy) is 3. The van der Waals surface area contributed by atoms with Crippen molar-refractivity contribution in [2.45, 2.75) is 52.2 Å². The third-order valence-electron chi connectivity index (χ3n) is 5.79. The van der Waals surface area contributed by atoms with Crippen LogP contribution in [0.4, 0.5) is 0 Å². The standard InChI is InChI=1S/C26H36N2O4/c1-7-21(28(4)15-13-20-9-11-23(30-5)25(17-20)31-6)26(18(2)3)32-24-16-19(12-14-27)8-10-22(24)29/h8-11,16-18,21,26,29H,7,12-13,15H2,1-6H3. The van der Waals surface area contributed by atoms with Crippen molar-refractivity contribution < 1.29 is 19.3 Å². The van der Waals surface area contributed by atoms with Gasteiger partial charge >= 0.3 is 0 Å². The van der Waals surface area contributed by atoms with E-state index in [4.69, 9.17) is 19.5 Å². The molecule has 0 aliphatic carbocycles. The number of phenolic OH excluding ortho intramolecular Hbond substituents is 1. The van der Waals surface area contributed by atoms with Crippen molar-refractivity contribution in [2.75, 3.05) is 27.8 Å². The molecule has 0 saturated heterocycles. The fourth-order valence-electron chi connectivity index (χ4n) is 3.96. The molecule has 0 radical (unpaired) electrons. The van der Waals surface area contributed by atoms with Crippen LogP contribution in [-0.2, 0) is 12.8 Å². The third kappa shape index (κ3) is 6.54. The van der Waals surface area contributed by atoms with E-state index < -0.39 is 0 Å². The lowest BCUT2D eigenvalue weighted by Gasteiger charge is -2.36. The second kappa shape index (κ2) is 12.2. The van der Waals surface area contributed by atoms with Crippen LogP contribution >= 0.6 is 0 Å². The fraction of sp³-hybridized carbons (Fsp3) is 0.500. The average molecular weight is 441 g/mol. The van der Waals surface area contributed by atoms with E-state index in [1.54, 1.807) is 32.4 Å². The molecule has 2 atom stereocenters. The summed E-state index contributed by atoms with van der Waals surface area (Å²) in [5.41, 5.74) is 2.01. The Morgan fingerprint density at radius 1 is 1.00 bits per heavy atom. The largest absolute Gasteiger partial charge is 0.504 e. The quantitative estimate of drug-likeness (QED) is 0.509. The van der Waals surface area contributed by atoms with E-state index in [9.17, 15) is 5.11 Å². The Kier molecular flexibility index (Phi) is 9.67. The van der Waals surface area contributed by atoms with Crippen LogP contribution in [0.15, 0.2) is 36.4 Å². The van der Waals surface area contributed by atoms with Gasteiger partial charge in [-0.25, -0.2) is 0 Å². The van der Waals surface area contributed by atoms with Crippen LogP contribution in [0.5, 0.6) is 23.0 Å². The maximum atomic E-state index is 10.3. The van der Waals surface area contributed by atoms with Gasteiger partial charge in [-0.3, -0.25) is 4.90 Å². The summed E-state index contributed by atoms with van der Waals surface area (Å²) in [6, 6.07) is 13.4. The molecule has 0 aliphatic heterocycles. The van der Waals surface area contributed by atoms with Crippen LogP contribution in [0.1, 0.15) is 38.3 Å². The molecule has 0 heterocycles. The summed E-state index contributed by atoms with van der Waals surface area (Å²) in [7, 11) is 5.39. The highest BCUT2D eigenvalue weighted by Crippen LogP contribution is 2.32. The van der Waals surface area contributed by atoms with Crippen LogP contribution in [0, 0.1) is 17.2 Å². The van der Waals surface area contributed by atoms with Crippen LogP contribution < -0.4 is 14.2 Å². The molecule has 6 nitrogen and oxygen atoms in total. The lowest BCUT2D eigenvalue weighted by Crippen LogP contribution is -2.47. The molecule has 0 aliphatic rings. The summed E-state index contributed by atoms with van der Waals surface area (Å²) in [5, 5.41) is 19.3. The van der Waals surface area contributed by atoms with Gasteiger partial charge in [0.05, 0.1) is 26.7 Å². The molecule has 0 spiro atoms. The van der Waals surface area contributed by atoms with Crippen LogP contribution in [-0.4, -0.2) is 50.0 Å². The number of methoxy groups -OCH3 is 2.